The number of H-pyrrole nitrogens is 2. The van der Waals surface area contributed by atoms with Crippen LogP contribution < -0.4 is 0 Å². The fraction of sp³-hybridized carbons (Fsp3) is 0.438. The molecular formula is C32H38N4O4. The van der Waals surface area contributed by atoms with Gasteiger partial charge in [-0.15, -0.1) is 0 Å². The number of ether oxygens (including phenoxy) is 2. The van der Waals surface area contributed by atoms with Gasteiger partial charge in [-0.25, -0.2) is 9.59 Å². The molecule has 40 heavy (non-hydrogen) atoms. The van der Waals surface area contributed by atoms with Gasteiger partial charge in [-0.3, -0.25) is 9.97 Å². The van der Waals surface area contributed by atoms with Crippen LogP contribution in [0.5, 0.6) is 0 Å². The van der Waals surface area contributed by atoms with Gasteiger partial charge in [0, 0.05) is 57.5 Å². The molecule has 210 valence electrons. The first-order chi connectivity index (χ1) is 18.8. The van der Waals surface area contributed by atoms with Crippen LogP contribution in [0.2, 0.25) is 0 Å². The lowest BCUT2D eigenvalue weighted by molar-refractivity contribution is 0.0518. The molecule has 2 aliphatic heterocycles. The summed E-state index contributed by atoms with van der Waals surface area (Å²) in [5, 5.41) is 0. The molecular weight excluding hydrogens is 504 g/mol. The predicted octanol–water partition coefficient (Wildman–Crippen LogP) is 6.33. The first-order valence-electron chi connectivity index (χ1n) is 13.9. The molecule has 8 nitrogen and oxygen atoms in total. The third kappa shape index (κ3) is 4.80. The molecule has 0 unspecified atom stereocenters. The molecule has 0 spiro atoms. The van der Waals surface area contributed by atoms with E-state index in [2.05, 4.69) is 37.7 Å². The largest absolute Gasteiger partial charge is 0.462 e. The Bertz CT molecular complexity index is 1570. The van der Waals surface area contributed by atoms with E-state index in [1.54, 1.807) is 0 Å². The zero-order valence-corrected chi connectivity index (χ0v) is 24.7. The van der Waals surface area contributed by atoms with Crippen LogP contribution in [0, 0.1) is 13.8 Å². The topological polar surface area (TPSA) is 110 Å². The third-order valence-electron chi connectivity index (χ3n) is 7.94. The summed E-state index contributed by atoms with van der Waals surface area (Å²) in [5.41, 5.74) is 8.64. The van der Waals surface area contributed by atoms with E-state index in [0.29, 0.717) is 48.2 Å². The van der Waals surface area contributed by atoms with Crippen molar-refractivity contribution in [1.29, 1.82) is 0 Å². The van der Waals surface area contributed by atoms with E-state index in [9.17, 15) is 9.59 Å². The number of rotatable bonds is 4. The molecule has 0 aromatic carbocycles. The standard InChI is InChI=1S/C32H38N4O4/c1-9-39-29(37)27-17(3)21-13-25-32(7,8)16-20(34-25)12-24-28(30(38)40-10-2)18(4)22(36-24)14-26-31(5,6)15-19(33-26)11-23(27)35-21/h11-14,35-36H,9-10,15-16H2,1-8H3. The van der Waals surface area contributed by atoms with Crippen molar-refractivity contribution in [2.45, 2.75) is 79.1 Å². The minimum atomic E-state index is -0.359. The SMILES string of the molecule is CCOC(=O)c1c(C)c2cc3nc(cc4[nH]c(cc5nc(cc1[nH]2)CC5(C)C)c(C)c4C(=O)OCC)CC3(C)C. The average molecular weight is 543 g/mol. The zero-order chi connectivity index (χ0) is 29.0. The Balaban J connectivity index is 1.93. The Labute approximate surface area is 234 Å². The summed E-state index contributed by atoms with van der Waals surface area (Å²) >= 11 is 0. The lowest BCUT2D eigenvalue weighted by Gasteiger charge is -2.15. The molecule has 0 aliphatic carbocycles. The van der Waals surface area contributed by atoms with Crippen LogP contribution in [0.3, 0.4) is 0 Å². The van der Waals surface area contributed by atoms with Crippen molar-refractivity contribution in [3.63, 3.8) is 0 Å². The number of hydrogen-bond donors (Lipinski definition) is 2. The van der Waals surface area contributed by atoms with Gasteiger partial charge >= 0.3 is 11.9 Å². The van der Waals surface area contributed by atoms with Crippen LogP contribution >= 0.6 is 0 Å². The van der Waals surface area contributed by atoms with E-state index >= 15 is 0 Å². The zero-order valence-electron chi connectivity index (χ0n) is 24.7. The monoisotopic (exact) mass is 542 g/mol. The Kier molecular flexibility index (Phi) is 6.84. The van der Waals surface area contributed by atoms with E-state index in [0.717, 1.165) is 44.9 Å². The number of aromatic amines is 2. The smallest absolute Gasteiger partial charge is 0.340 e. The van der Waals surface area contributed by atoms with Gasteiger partial charge in [0.15, 0.2) is 0 Å². The predicted molar refractivity (Wildman–Crippen MR) is 156 cm³/mol. The first-order valence-corrected chi connectivity index (χ1v) is 13.9. The van der Waals surface area contributed by atoms with Crippen molar-refractivity contribution in [3.05, 3.63) is 69.3 Å². The van der Waals surface area contributed by atoms with Crippen molar-refractivity contribution in [2.75, 3.05) is 13.2 Å². The van der Waals surface area contributed by atoms with E-state index in [-0.39, 0.29) is 22.8 Å². The molecule has 0 saturated heterocycles. The fourth-order valence-corrected chi connectivity index (χ4v) is 5.72. The molecule has 0 radical (unpaired) electrons. The fourth-order valence-electron chi connectivity index (χ4n) is 5.72. The van der Waals surface area contributed by atoms with Crippen LogP contribution in [-0.2, 0) is 33.1 Å². The molecule has 0 amide bonds. The summed E-state index contributed by atoms with van der Waals surface area (Å²) < 4.78 is 10.9. The highest BCUT2D eigenvalue weighted by Gasteiger charge is 2.31. The van der Waals surface area contributed by atoms with Gasteiger partial charge in [-0.2, -0.15) is 0 Å². The van der Waals surface area contributed by atoms with Crippen molar-refractivity contribution >= 4 is 34.0 Å². The molecule has 3 aromatic heterocycles. The third-order valence-corrected chi connectivity index (χ3v) is 7.94. The average Bonchev–Trinajstić information content (AvgIpc) is 3.51. The minimum absolute atomic E-state index is 0.255. The van der Waals surface area contributed by atoms with E-state index in [1.807, 2.05) is 52.0 Å². The van der Waals surface area contributed by atoms with Gasteiger partial charge in [0.1, 0.15) is 0 Å². The van der Waals surface area contributed by atoms with Crippen molar-refractivity contribution in [2.24, 2.45) is 0 Å². The number of esters is 2. The second-order valence-electron chi connectivity index (χ2n) is 12.0. The maximum absolute atomic E-state index is 13.1. The quantitative estimate of drug-likeness (QED) is 0.373. The van der Waals surface area contributed by atoms with Crippen LogP contribution in [0.15, 0.2) is 24.3 Å². The highest BCUT2D eigenvalue weighted by Crippen LogP contribution is 2.35. The summed E-state index contributed by atoms with van der Waals surface area (Å²) in [6, 6.07) is 7.95. The van der Waals surface area contributed by atoms with Crippen LogP contribution in [0.4, 0.5) is 0 Å². The highest BCUT2D eigenvalue weighted by atomic mass is 16.5. The van der Waals surface area contributed by atoms with Gasteiger partial charge in [-0.1, -0.05) is 27.7 Å². The number of aromatic nitrogens is 4. The Morgan fingerprint density at radius 2 is 1.07 bits per heavy atom. The summed E-state index contributed by atoms with van der Waals surface area (Å²) in [6.45, 7) is 16.6. The molecule has 0 saturated carbocycles. The summed E-state index contributed by atoms with van der Waals surface area (Å²) in [5.74, 6) is -0.717. The van der Waals surface area contributed by atoms with Gasteiger partial charge in [0.2, 0.25) is 0 Å². The molecule has 5 rings (SSSR count). The normalized spacial score (nSPS) is 15.6. The second kappa shape index (κ2) is 9.91. The molecule has 3 aromatic rings. The number of nitrogens with zero attached hydrogens (tertiary/aromatic N) is 2. The van der Waals surface area contributed by atoms with E-state index in [1.165, 1.54) is 0 Å². The minimum Gasteiger partial charge on any atom is -0.462 e. The lowest BCUT2D eigenvalue weighted by atomic mass is 9.86. The number of aryl methyl sites for hydroxylation is 2. The summed E-state index contributed by atoms with van der Waals surface area (Å²) in [7, 11) is 0. The van der Waals surface area contributed by atoms with Crippen LogP contribution in [0.25, 0.3) is 22.1 Å². The number of carbonyl (C=O) groups excluding carboxylic acids is 2. The molecule has 2 aliphatic rings. The number of hydrogen-bond acceptors (Lipinski definition) is 6. The maximum atomic E-state index is 13.1. The van der Waals surface area contributed by atoms with Crippen LogP contribution in [-0.4, -0.2) is 45.1 Å². The Hall–Kier alpha value is -3.94. The molecule has 2 N–H and O–H groups in total. The molecule has 8 heteroatoms. The van der Waals surface area contributed by atoms with Gasteiger partial charge < -0.3 is 19.4 Å². The summed E-state index contributed by atoms with van der Waals surface area (Å²) in [4.78, 5) is 43.1. The number of nitrogens with one attached hydrogen (secondary N) is 2. The molecule has 0 fully saturated rings. The maximum Gasteiger partial charge on any atom is 0.340 e. The summed E-state index contributed by atoms with van der Waals surface area (Å²) in [6.07, 6.45) is 1.39. The van der Waals surface area contributed by atoms with Gasteiger partial charge in [0.25, 0.3) is 0 Å². The highest BCUT2D eigenvalue weighted by molar-refractivity contribution is 6.02. The molecule has 5 heterocycles. The molecule has 8 bridgehead atoms. The number of fused-ring (bicyclic) bond motifs is 8. The van der Waals surface area contributed by atoms with Crippen molar-refractivity contribution < 1.29 is 19.1 Å². The van der Waals surface area contributed by atoms with Gasteiger partial charge in [0.05, 0.1) is 35.4 Å². The Morgan fingerprint density at radius 3 is 1.43 bits per heavy atom. The van der Waals surface area contributed by atoms with Crippen molar-refractivity contribution in [1.82, 2.24) is 19.9 Å². The van der Waals surface area contributed by atoms with Gasteiger partial charge in [-0.05, 0) is 63.1 Å². The van der Waals surface area contributed by atoms with Crippen molar-refractivity contribution in [3.8, 4) is 0 Å². The second-order valence-corrected chi connectivity index (χ2v) is 12.0. The Morgan fingerprint density at radius 1 is 0.700 bits per heavy atom. The van der Waals surface area contributed by atoms with E-state index in [4.69, 9.17) is 19.4 Å². The van der Waals surface area contributed by atoms with E-state index < -0.39 is 0 Å². The number of carbonyl (C=O) groups is 2. The first kappa shape index (κ1) is 27.6. The lowest BCUT2D eigenvalue weighted by Crippen LogP contribution is -2.15. The molecule has 0 atom stereocenters. The van der Waals surface area contributed by atoms with Crippen LogP contribution in [0.1, 0.15) is 96.2 Å².